The van der Waals surface area contributed by atoms with Crippen molar-refractivity contribution >= 4 is 42.1 Å². The van der Waals surface area contributed by atoms with Gasteiger partial charge in [0.25, 0.3) is 0 Å². The largest absolute Gasteiger partial charge is 0.488 e. The summed E-state index contributed by atoms with van der Waals surface area (Å²) < 4.78 is 10.4. The Bertz CT molecular complexity index is 917. The van der Waals surface area contributed by atoms with Crippen LogP contribution in [0.25, 0.3) is 0 Å². The molecule has 0 unspecified atom stereocenters. The second kappa shape index (κ2) is 11.0. The van der Waals surface area contributed by atoms with E-state index in [2.05, 4.69) is 10.6 Å². The van der Waals surface area contributed by atoms with Gasteiger partial charge in [-0.15, -0.1) is 0 Å². The molecule has 0 saturated carbocycles. The Balaban J connectivity index is 1.81. The van der Waals surface area contributed by atoms with Gasteiger partial charge in [0.1, 0.15) is 5.60 Å². The van der Waals surface area contributed by atoms with Gasteiger partial charge in [-0.2, -0.15) is 0 Å². The van der Waals surface area contributed by atoms with Crippen LogP contribution in [0.4, 0.5) is 15.3 Å². The quantitative estimate of drug-likeness (QED) is 0.484. The van der Waals surface area contributed by atoms with Crippen molar-refractivity contribution in [3.8, 4) is 0 Å². The monoisotopic (exact) mass is 448 g/mol. The zero-order valence-corrected chi connectivity index (χ0v) is 18.4. The minimum atomic E-state index is -1.59. The second-order valence-corrected chi connectivity index (χ2v) is 8.20. The van der Waals surface area contributed by atoms with Crippen LogP contribution < -0.4 is 16.1 Å². The Morgan fingerprint density at radius 2 is 1.84 bits per heavy atom. The molecular weight excluding hydrogens is 423 g/mol. The first-order valence-electron chi connectivity index (χ1n) is 9.67. The van der Waals surface area contributed by atoms with Crippen molar-refractivity contribution < 1.29 is 29.1 Å². The van der Waals surface area contributed by atoms with Gasteiger partial charge < -0.3 is 24.8 Å². The molecule has 0 aromatic heterocycles. The molecule has 166 valence electrons. The molecule has 2 aromatic carbocycles. The maximum Gasteiger partial charge on any atom is 0.488 e. The summed E-state index contributed by atoms with van der Waals surface area (Å²) in [5, 5.41) is 23.9. The van der Waals surface area contributed by atoms with Gasteiger partial charge in [0, 0.05) is 23.7 Å². The van der Waals surface area contributed by atoms with Crippen molar-refractivity contribution in [3.05, 3.63) is 58.6 Å². The third kappa shape index (κ3) is 8.88. The molecule has 0 bridgehead atoms. The molecule has 4 N–H and O–H groups in total. The molecule has 0 aliphatic carbocycles. The number of anilines is 1. The topological polar surface area (TPSA) is 117 Å². The van der Waals surface area contributed by atoms with E-state index in [1.165, 1.54) is 6.07 Å². The molecule has 0 aliphatic rings. The van der Waals surface area contributed by atoms with Gasteiger partial charge >= 0.3 is 19.3 Å². The molecule has 0 atom stereocenters. The summed E-state index contributed by atoms with van der Waals surface area (Å²) in [5.41, 5.74) is 1.72. The van der Waals surface area contributed by atoms with Gasteiger partial charge in [0.15, 0.2) is 0 Å². The summed E-state index contributed by atoms with van der Waals surface area (Å²) in [6.07, 6.45) is -0.783. The van der Waals surface area contributed by atoms with E-state index in [4.69, 9.17) is 31.1 Å². The molecule has 0 radical (unpaired) electrons. The maximum absolute atomic E-state index is 12.0. The van der Waals surface area contributed by atoms with E-state index in [1.807, 2.05) is 6.07 Å². The van der Waals surface area contributed by atoms with E-state index < -0.39 is 24.9 Å². The van der Waals surface area contributed by atoms with Crippen molar-refractivity contribution in [1.82, 2.24) is 5.32 Å². The summed E-state index contributed by atoms with van der Waals surface area (Å²) in [5.74, 6) is 0. The predicted octanol–water partition coefficient (Wildman–Crippen LogP) is 2.84. The van der Waals surface area contributed by atoms with Crippen LogP contribution in [0.3, 0.4) is 0 Å². The number of hydrogen-bond donors (Lipinski definition) is 4. The van der Waals surface area contributed by atoms with Gasteiger partial charge in [0.05, 0.1) is 6.61 Å². The molecular formula is C21H26BClN2O6. The van der Waals surface area contributed by atoms with Crippen molar-refractivity contribution in [2.75, 3.05) is 11.9 Å². The van der Waals surface area contributed by atoms with E-state index in [9.17, 15) is 9.59 Å². The van der Waals surface area contributed by atoms with E-state index in [0.717, 1.165) is 5.56 Å². The van der Waals surface area contributed by atoms with Gasteiger partial charge in [-0.05, 0) is 55.6 Å². The normalized spacial score (nSPS) is 10.9. The lowest BCUT2D eigenvalue weighted by Crippen LogP contribution is -2.32. The highest BCUT2D eigenvalue weighted by Crippen LogP contribution is 2.15. The number of nitrogens with one attached hydrogen (secondary N) is 2. The van der Waals surface area contributed by atoms with Crippen LogP contribution in [0.2, 0.25) is 5.02 Å². The summed E-state index contributed by atoms with van der Waals surface area (Å²) in [6.45, 7) is 5.69. The van der Waals surface area contributed by atoms with E-state index >= 15 is 0 Å². The highest BCUT2D eigenvalue weighted by molar-refractivity contribution is 6.59. The lowest BCUT2D eigenvalue weighted by molar-refractivity contribution is 0.0523. The molecule has 0 aliphatic heterocycles. The number of carbonyl (C=O) groups excluding carboxylic acids is 2. The minimum Gasteiger partial charge on any atom is -0.449 e. The number of benzene rings is 2. The number of carbonyl (C=O) groups is 2. The first-order chi connectivity index (χ1) is 14.5. The zero-order valence-electron chi connectivity index (χ0n) is 17.6. The summed E-state index contributed by atoms with van der Waals surface area (Å²) >= 11 is 6.11. The van der Waals surface area contributed by atoms with Crippen molar-refractivity contribution in [2.24, 2.45) is 0 Å². The average Bonchev–Trinajstić information content (AvgIpc) is 2.66. The van der Waals surface area contributed by atoms with Crippen LogP contribution in [0, 0.1) is 0 Å². The van der Waals surface area contributed by atoms with Gasteiger partial charge in [-0.25, -0.2) is 9.59 Å². The zero-order chi connectivity index (χ0) is 23.0. The smallest absolute Gasteiger partial charge is 0.449 e. The lowest BCUT2D eigenvalue weighted by atomic mass is 9.80. The highest BCUT2D eigenvalue weighted by Gasteiger charge is 2.16. The number of halogens is 1. The van der Waals surface area contributed by atoms with Gasteiger partial charge in [0.2, 0.25) is 0 Å². The van der Waals surface area contributed by atoms with Gasteiger partial charge in [-0.1, -0.05) is 35.9 Å². The van der Waals surface area contributed by atoms with E-state index in [1.54, 1.807) is 51.1 Å². The molecule has 10 heteroatoms. The minimum absolute atomic E-state index is 0.0898. The fourth-order valence-electron chi connectivity index (χ4n) is 2.58. The predicted molar refractivity (Wildman–Crippen MR) is 119 cm³/mol. The Hall–Kier alpha value is -2.75. The average molecular weight is 449 g/mol. The third-order valence-electron chi connectivity index (χ3n) is 3.99. The highest BCUT2D eigenvalue weighted by atomic mass is 35.5. The van der Waals surface area contributed by atoms with Crippen LogP contribution in [0.5, 0.6) is 0 Å². The Labute approximate surface area is 186 Å². The van der Waals surface area contributed by atoms with Gasteiger partial charge in [-0.3, -0.25) is 5.32 Å². The van der Waals surface area contributed by atoms with E-state index in [0.29, 0.717) is 22.7 Å². The van der Waals surface area contributed by atoms with Crippen LogP contribution in [-0.2, 0) is 22.4 Å². The van der Waals surface area contributed by atoms with Crippen LogP contribution >= 0.6 is 11.6 Å². The standard InChI is InChI=1S/C21H26BClN2O6/c1-21(2,3)31-19(26)24-13-14-5-4-6-17(11-14)25-20(27)30-10-9-15-7-8-16(22(28)29)12-18(15)23/h4-8,11-12,28-29H,9-10,13H2,1-3H3,(H,24,26)(H,25,27). The number of ether oxygens (including phenoxy) is 2. The van der Waals surface area contributed by atoms with Crippen LogP contribution in [0.1, 0.15) is 31.9 Å². The Kier molecular flexibility index (Phi) is 8.73. The molecule has 8 nitrogen and oxygen atoms in total. The fourth-order valence-corrected chi connectivity index (χ4v) is 2.87. The molecule has 2 amide bonds. The Morgan fingerprint density at radius 1 is 1.10 bits per heavy atom. The van der Waals surface area contributed by atoms with Crippen LogP contribution in [0.15, 0.2) is 42.5 Å². The number of rotatable bonds is 7. The first kappa shape index (κ1) is 24.5. The Morgan fingerprint density at radius 3 is 2.48 bits per heavy atom. The first-order valence-corrected chi connectivity index (χ1v) is 10.1. The number of alkyl carbamates (subject to hydrolysis) is 1. The second-order valence-electron chi connectivity index (χ2n) is 7.79. The van der Waals surface area contributed by atoms with Crippen molar-refractivity contribution in [3.63, 3.8) is 0 Å². The van der Waals surface area contributed by atoms with Crippen molar-refractivity contribution in [1.29, 1.82) is 0 Å². The molecule has 0 fully saturated rings. The number of amides is 2. The summed E-state index contributed by atoms with van der Waals surface area (Å²) in [7, 11) is -1.59. The lowest BCUT2D eigenvalue weighted by Gasteiger charge is -2.19. The number of hydrogen-bond acceptors (Lipinski definition) is 6. The van der Waals surface area contributed by atoms with E-state index in [-0.39, 0.29) is 18.6 Å². The summed E-state index contributed by atoms with van der Waals surface area (Å²) in [6, 6.07) is 11.6. The maximum atomic E-state index is 12.0. The van der Waals surface area contributed by atoms with Crippen molar-refractivity contribution in [2.45, 2.75) is 39.3 Å². The third-order valence-corrected chi connectivity index (χ3v) is 4.34. The van der Waals surface area contributed by atoms with Crippen LogP contribution in [-0.4, -0.2) is 41.6 Å². The SMILES string of the molecule is CC(C)(C)OC(=O)NCc1cccc(NC(=O)OCCc2ccc(B(O)O)cc2Cl)c1. The molecule has 0 spiro atoms. The summed E-state index contributed by atoms with van der Waals surface area (Å²) in [4.78, 5) is 23.8. The molecule has 2 aromatic rings. The molecule has 0 heterocycles. The molecule has 31 heavy (non-hydrogen) atoms. The molecule has 0 saturated heterocycles. The fraction of sp³-hybridized carbons (Fsp3) is 0.333. The molecule has 2 rings (SSSR count).